The molecule has 0 saturated heterocycles. The lowest BCUT2D eigenvalue weighted by molar-refractivity contribution is 0.493. The molecule has 0 spiro atoms. The van der Waals surface area contributed by atoms with Gasteiger partial charge >= 0.3 is 0 Å². The molecule has 12 heavy (non-hydrogen) atoms. The van der Waals surface area contributed by atoms with E-state index in [0.29, 0.717) is 5.30 Å². The number of rotatable bonds is 1. The molecule has 0 heterocycles. The Kier molecular flexibility index (Phi) is 2.69. The zero-order chi connectivity index (χ0) is 9.35. The van der Waals surface area contributed by atoms with Crippen LogP contribution in [0.4, 0.5) is 0 Å². The molecule has 2 N–H and O–H groups in total. The Morgan fingerprint density at radius 2 is 1.83 bits per heavy atom. The molecule has 2 nitrogen and oxygen atoms in total. The van der Waals surface area contributed by atoms with Gasteiger partial charge in [-0.2, -0.15) is 0 Å². The molecule has 4 heteroatoms. The fourth-order valence-corrected chi connectivity index (χ4v) is 2.54. The molecule has 0 aliphatic rings. The molecule has 0 fully saturated rings. The summed E-state index contributed by atoms with van der Waals surface area (Å²) in [5, 5.41) is 0.498. The molecular formula is C8H11O2PS. The van der Waals surface area contributed by atoms with Crippen molar-refractivity contribution < 1.29 is 9.79 Å². The fourth-order valence-electron chi connectivity index (χ4n) is 1.05. The third-order valence-corrected chi connectivity index (χ3v) is 3.59. The second-order valence-electron chi connectivity index (χ2n) is 2.76. The molecule has 0 aliphatic carbocycles. The molecule has 0 aliphatic heterocycles. The van der Waals surface area contributed by atoms with Crippen LogP contribution in [0.3, 0.4) is 0 Å². The van der Waals surface area contributed by atoms with Gasteiger partial charge in [0.15, 0.2) is 0 Å². The van der Waals surface area contributed by atoms with E-state index >= 15 is 0 Å². The summed E-state index contributed by atoms with van der Waals surface area (Å²) in [6, 6.07) is 5.37. The molecule has 66 valence electrons. The molecule has 0 bridgehead atoms. The minimum absolute atomic E-state index is 0.498. The zero-order valence-corrected chi connectivity index (χ0v) is 8.69. The Morgan fingerprint density at radius 1 is 1.25 bits per heavy atom. The smallest absolute Gasteiger partial charge is 0.214 e. The van der Waals surface area contributed by atoms with Crippen LogP contribution in [0, 0.1) is 13.8 Å². The fraction of sp³-hybridized carbons (Fsp3) is 0.250. The molecule has 1 aromatic carbocycles. The third kappa shape index (κ3) is 1.93. The minimum atomic E-state index is -3.25. The SMILES string of the molecule is Cc1cccc(P(O)(O)=S)c1C. The maximum absolute atomic E-state index is 9.28. The third-order valence-electron chi connectivity index (χ3n) is 1.89. The summed E-state index contributed by atoms with van der Waals surface area (Å²) < 4.78 is 0. The number of aryl methyl sites for hydroxylation is 1. The lowest BCUT2D eigenvalue weighted by Gasteiger charge is -2.12. The van der Waals surface area contributed by atoms with Crippen molar-refractivity contribution in [3.8, 4) is 0 Å². The average molecular weight is 202 g/mol. The van der Waals surface area contributed by atoms with Crippen LogP contribution in [-0.4, -0.2) is 9.79 Å². The van der Waals surface area contributed by atoms with Crippen molar-refractivity contribution in [1.29, 1.82) is 0 Å². The highest BCUT2D eigenvalue weighted by molar-refractivity contribution is 8.12. The van der Waals surface area contributed by atoms with Crippen LogP contribution in [0.5, 0.6) is 0 Å². The van der Waals surface area contributed by atoms with Crippen LogP contribution in [0.15, 0.2) is 18.2 Å². The van der Waals surface area contributed by atoms with Crippen LogP contribution in [-0.2, 0) is 11.8 Å². The largest absolute Gasteiger partial charge is 0.342 e. The van der Waals surface area contributed by atoms with Crippen LogP contribution < -0.4 is 5.30 Å². The van der Waals surface area contributed by atoms with Crippen LogP contribution >= 0.6 is 6.49 Å². The highest BCUT2D eigenvalue weighted by Gasteiger charge is 2.14. The highest BCUT2D eigenvalue weighted by Crippen LogP contribution is 2.35. The monoisotopic (exact) mass is 202 g/mol. The molecule has 1 rings (SSSR count). The summed E-state index contributed by atoms with van der Waals surface area (Å²) in [7, 11) is 0. The van der Waals surface area contributed by atoms with E-state index in [2.05, 4.69) is 11.8 Å². The summed E-state index contributed by atoms with van der Waals surface area (Å²) in [5.41, 5.74) is 1.91. The normalized spacial score (nSPS) is 11.7. The van der Waals surface area contributed by atoms with E-state index in [0.717, 1.165) is 11.1 Å². The first-order valence-corrected chi connectivity index (χ1v) is 6.26. The second kappa shape index (κ2) is 3.27. The van der Waals surface area contributed by atoms with Gasteiger partial charge in [0.1, 0.15) is 0 Å². The van der Waals surface area contributed by atoms with E-state index in [4.69, 9.17) is 0 Å². The van der Waals surface area contributed by atoms with Gasteiger partial charge in [0.2, 0.25) is 6.49 Å². The first-order chi connectivity index (χ1) is 5.43. The van der Waals surface area contributed by atoms with E-state index in [-0.39, 0.29) is 0 Å². The zero-order valence-electron chi connectivity index (χ0n) is 6.98. The maximum Gasteiger partial charge on any atom is 0.214 e. The van der Waals surface area contributed by atoms with Crippen molar-refractivity contribution in [1.82, 2.24) is 0 Å². The van der Waals surface area contributed by atoms with Gasteiger partial charge in [-0.3, -0.25) is 0 Å². The first-order valence-electron chi connectivity index (χ1n) is 3.55. The van der Waals surface area contributed by atoms with Crippen molar-refractivity contribution >= 4 is 23.6 Å². The van der Waals surface area contributed by atoms with Gasteiger partial charge in [0.25, 0.3) is 0 Å². The Hall–Kier alpha value is -0.210. The van der Waals surface area contributed by atoms with Crippen LogP contribution in [0.25, 0.3) is 0 Å². The molecular weight excluding hydrogens is 191 g/mol. The molecule has 1 aromatic rings. The average Bonchev–Trinajstić information content (AvgIpc) is 1.92. The number of hydrogen-bond acceptors (Lipinski definition) is 1. The quantitative estimate of drug-likeness (QED) is 0.673. The molecule has 0 aromatic heterocycles. The van der Waals surface area contributed by atoms with E-state index < -0.39 is 6.49 Å². The van der Waals surface area contributed by atoms with Crippen molar-refractivity contribution in [2.24, 2.45) is 0 Å². The highest BCUT2D eigenvalue weighted by atomic mass is 32.5. The van der Waals surface area contributed by atoms with Gasteiger partial charge in [-0.25, -0.2) is 0 Å². The van der Waals surface area contributed by atoms with Crippen LogP contribution in [0.1, 0.15) is 11.1 Å². The van der Waals surface area contributed by atoms with Crippen molar-refractivity contribution in [3.63, 3.8) is 0 Å². The summed E-state index contributed by atoms with van der Waals surface area (Å²) in [6.45, 7) is 0.517. The van der Waals surface area contributed by atoms with Gasteiger partial charge in [0.05, 0.1) is 0 Å². The van der Waals surface area contributed by atoms with E-state index in [9.17, 15) is 9.79 Å². The van der Waals surface area contributed by atoms with Gasteiger partial charge in [-0.1, -0.05) is 12.1 Å². The minimum Gasteiger partial charge on any atom is -0.342 e. The van der Waals surface area contributed by atoms with E-state index in [1.807, 2.05) is 19.9 Å². The van der Waals surface area contributed by atoms with Gasteiger partial charge in [-0.05, 0) is 42.8 Å². The lowest BCUT2D eigenvalue weighted by atomic mass is 10.1. The molecule has 0 saturated carbocycles. The summed E-state index contributed by atoms with van der Waals surface area (Å²) >= 11 is 4.62. The predicted octanol–water partition coefficient (Wildman–Crippen LogP) is 1.22. The van der Waals surface area contributed by atoms with Gasteiger partial charge < -0.3 is 9.79 Å². The van der Waals surface area contributed by atoms with Crippen molar-refractivity contribution in [2.45, 2.75) is 13.8 Å². The molecule has 0 unspecified atom stereocenters. The topological polar surface area (TPSA) is 40.5 Å². The lowest BCUT2D eigenvalue weighted by Crippen LogP contribution is -2.08. The standard InChI is InChI=1S/C8H11O2PS/c1-6-4-3-5-8(7(6)2)11(9,10)12/h3-5H,1-2H3,(H2,9,10,12). The predicted molar refractivity (Wildman–Crippen MR) is 54.3 cm³/mol. The summed E-state index contributed by atoms with van der Waals surface area (Å²) in [6.07, 6.45) is 0. The molecule has 0 amide bonds. The summed E-state index contributed by atoms with van der Waals surface area (Å²) in [4.78, 5) is 18.6. The van der Waals surface area contributed by atoms with E-state index in [1.54, 1.807) is 12.1 Å². The Morgan fingerprint density at radius 3 is 2.25 bits per heavy atom. The van der Waals surface area contributed by atoms with Gasteiger partial charge in [-0.15, -0.1) is 0 Å². The summed E-state index contributed by atoms with van der Waals surface area (Å²) in [5.74, 6) is 0. The van der Waals surface area contributed by atoms with Crippen molar-refractivity contribution in [2.75, 3.05) is 0 Å². The molecule has 0 radical (unpaired) electrons. The van der Waals surface area contributed by atoms with Crippen molar-refractivity contribution in [3.05, 3.63) is 29.3 Å². The Labute approximate surface area is 77.0 Å². The second-order valence-corrected chi connectivity index (χ2v) is 5.86. The number of hydrogen-bond donors (Lipinski definition) is 2. The van der Waals surface area contributed by atoms with Crippen LogP contribution in [0.2, 0.25) is 0 Å². The van der Waals surface area contributed by atoms with Gasteiger partial charge in [0, 0.05) is 5.30 Å². The number of benzene rings is 1. The first kappa shape index (κ1) is 9.87. The van der Waals surface area contributed by atoms with E-state index in [1.165, 1.54) is 0 Å². The molecule has 0 atom stereocenters. The maximum atomic E-state index is 9.28. The Balaban J connectivity index is 3.36. The Bertz CT molecular complexity index is 343.